The minimum Gasteiger partial charge on any atom is -0.337 e. The Bertz CT molecular complexity index is 1170. The fraction of sp³-hybridized carbons (Fsp3) is 0.0870. The first-order valence-electron chi connectivity index (χ1n) is 9.60. The number of carbonyl (C=O) groups is 2. The highest BCUT2D eigenvalue weighted by molar-refractivity contribution is 7.80. The van der Waals surface area contributed by atoms with Crippen LogP contribution in [0.4, 0.5) is 11.4 Å². The summed E-state index contributed by atoms with van der Waals surface area (Å²) in [5.41, 5.74) is 1.91. The second-order valence-corrected chi connectivity index (χ2v) is 7.35. The Labute approximate surface area is 190 Å². The number of amides is 2. The van der Waals surface area contributed by atoms with Gasteiger partial charge in [0.25, 0.3) is 17.5 Å². The minimum absolute atomic E-state index is 0.00347. The summed E-state index contributed by atoms with van der Waals surface area (Å²) in [6.45, 7) is 0.467. The number of hydrogen-bond donors (Lipinski definition) is 2. The van der Waals surface area contributed by atoms with Gasteiger partial charge in [0, 0.05) is 42.5 Å². The van der Waals surface area contributed by atoms with Crippen LogP contribution in [0.5, 0.6) is 0 Å². The van der Waals surface area contributed by atoms with Crippen LogP contribution >= 0.6 is 12.2 Å². The number of hydrogen-bond acceptors (Lipinski definition) is 5. The van der Waals surface area contributed by atoms with Gasteiger partial charge in [-0.1, -0.05) is 42.5 Å². The molecule has 0 aliphatic heterocycles. The Balaban J connectivity index is 1.63. The van der Waals surface area contributed by atoms with Crippen LogP contribution in [0.2, 0.25) is 0 Å². The maximum absolute atomic E-state index is 12.8. The zero-order valence-corrected chi connectivity index (χ0v) is 18.0. The van der Waals surface area contributed by atoms with Gasteiger partial charge in [-0.3, -0.25) is 25.0 Å². The third-order valence-electron chi connectivity index (χ3n) is 4.52. The third kappa shape index (κ3) is 5.96. The molecule has 0 heterocycles. The van der Waals surface area contributed by atoms with E-state index in [4.69, 9.17) is 12.2 Å². The molecular formula is C23H20N4O4S. The van der Waals surface area contributed by atoms with E-state index in [1.54, 1.807) is 36.2 Å². The monoisotopic (exact) mass is 448 g/mol. The number of nitrogens with zero attached hydrogens (tertiary/aromatic N) is 2. The van der Waals surface area contributed by atoms with Crippen molar-refractivity contribution in [1.29, 1.82) is 0 Å². The third-order valence-corrected chi connectivity index (χ3v) is 4.73. The summed E-state index contributed by atoms with van der Waals surface area (Å²) < 4.78 is 0. The summed E-state index contributed by atoms with van der Waals surface area (Å²) in [6.07, 6.45) is 0. The van der Waals surface area contributed by atoms with Gasteiger partial charge in [0.2, 0.25) is 0 Å². The number of nitro benzene ring substituents is 1. The molecule has 0 unspecified atom stereocenters. The van der Waals surface area contributed by atoms with Gasteiger partial charge in [0.1, 0.15) is 0 Å². The first kappa shape index (κ1) is 22.6. The van der Waals surface area contributed by atoms with Crippen molar-refractivity contribution >= 4 is 40.5 Å². The molecule has 32 heavy (non-hydrogen) atoms. The Morgan fingerprint density at radius 1 is 0.969 bits per heavy atom. The molecular weight excluding hydrogens is 428 g/mol. The van der Waals surface area contributed by atoms with E-state index >= 15 is 0 Å². The Kier molecular flexibility index (Phi) is 7.25. The van der Waals surface area contributed by atoms with Crippen molar-refractivity contribution in [3.63, 3.8) is 0 Å². The van der Waals surface area contributed by atoms with Gasteiger partial charge in [0.15, 0.2) is 5.11 Å². The highest BCUT2D eigenvalue weighted by Gasteiger charge is 2.15. The zero-order valence-electron chi connectivity index (χ0n) is 17.1. The SMILES string of the molecule is CN(Cc1ccccc1)C(=O)c1cccc(NC(=S)NC(=O)c2cccc([N+](=O)[O-])c2)c1. The predicted octanol–water partition coefficient (Wildman–Crippen LogP) is 3.99. The lowest BCUT2D eigenvalue weighted by Crippen LogP contribution is -2.34. The predicted molar refractivity (Wildman–Crippen MR) is 125 cm³/mol. The topological polar surface area (TPSA) is 105 Å². The first-order chi connectivity index (χ1) is 15.3. The number of benzene rings is 3. The number of anilines is 1. The summed E-state index contributed by atoms with van der Waals surface area (Å²) in [5, 5.41) is 16.2. The smallest absolute Gasteiger partial charge is 0.270 e. The Morgan fingerprint density at radius 2 is 1.66 bits per heavy atom. The van der Waals surface area contributed by atoms with Crippen molar-refractivity contribution in [3.8, 4) is 0 Å². The number of rotatable bonds is 6. The summed E-state index contributed by atoms with van der Waals surface area (Å²) in [5.74, 6) is -0.745. The molecule has 0 aliphatic carbocycles. The van der Waals surface area contributed by atoms with Crippen LogP contribution in [0, 0.1) is 10.1 Å². The molecule has 3 rings (SSSR count). The number of nitro groups is 1. The van der Waals surface area contributed by atoms with E-state index in [1.807, 2.05) is 30.3 Å². The van der Waals surface area contributed by atoms with Crippen molar-refractivity contribution in [2.24, 2.45) is 0 Å². The largest absolute Gasteiger partial charge is 0.337 e. The molecule has 0 aliphatic rings. The zero-order chi connectivity index (χ0) is 23.1. The lowest BCUT2D eigenvalue weighted by atomic mass is 10.1. The van der Waals surface area contributed by atoms with Gasteiger partial charge in [-0.05, 0) is 42.0 Å². The van der Waals surface area contributed by atoms with E-state index in [1.165, 1.54) is 24.3 Å². The van der Waals surface area contributed by atoms with Crippen molar-refractivity contribution in [3.05, 3.63) is 106 Å². The molecule has 2 amide bonds. The highest BCUT2D eigenvalue weighted by Crippen LogP contribution is 2.15. The van der Waals surface area contributed by atoms with Crippen LogP contribution in [0.3, 0.4) is 0 Å². The van der Waals surface area contributed by atoms with Crippen LogP contribution in [0.1, 0.15) is 26.3 Å². The molecule has 0 fully saturated rings. The fourth-order valence-corrected chi connectivity index (χ4v) is 3.19. The van der Waals surface area contributed by atoms with E-state index in [9.17, 15) is 19.7 Å². The average Bonchev–Trinajstić information content (AvgIpc) is 2.79. The summed E-state index contributed by atoms with van der Waals surface area (Å²) in [6, 6.07) is 21.7. The van der Waals surface area contributed by atoms with Gasteiger partial charge in [-0.15, -0.1) is 0 Å². The molecule has 2 N–H and O–H groups in total. The van der Waals surface area contributed by atoms with E-state index in [-0.39, 0.29) is 22.3 Å². The quantitative estimate of drug-likeness (QED) is 0.336. The second-order valence-electron chi connectivity index (χ2n) is 6.94. The average molecular weight is 449 g/mol. The number of carbonyl (C=O) groups excluding carboxylic acids is 2. The van der Waals surface area contributed by atoms with E-state index in [0.717, 1.165) is 5.56 Å². The van der Waals surface area contributed by atoms with Crippen molar-refractivity contribution in [2.75, 3.05) is 12.4 Å². The molecule has 0 bridgehead atoms. The van der Waals surface area contributed by atoms with E-state index in [2.05, 4.69) is 10.6 Å². The minimum atomic E-state index is -0.582. The van der Waals surface area contributed by atoms with Gasteiger partial charge < -0.3 is 10.2 Å². The maximum atomic E-state index is 12.8. The van der Waals surface area contributed by atoms with Crippen LogP contribution in [0.25, 0.3) is 0 Å². The molecule has 3 aromatic rings. The lowest BCUT2D eigenvalue weighted by Gasteiger charge is -2.18. The molecule has 8 nitrogen and oxygen atoms in total. The Morgan fingerprint density at radius 3 is 2.38 bits per heavy atom. The molecule has 0 aromatic heterocycles. The molecule has 0 spiro atoms. The molecule has 162 valence electrons. The molecule has 0 radical (unpaired) electrons. The molecule has 3 aromatic carbocycles. The van der Waals surface area contributed by atoms with E-state index < -0.39 is 10.8 Å². The van der Waals surface area contributed by atoms with Crippen molar-refractivity contribution < 1.29 is 14.5 Å². The Hall–Kier alpha value is -4.11. The van der Waals surface area contributed by atoms with Gasteiger partial charge >= 0.3 is 0 Å². The molecule has 0 atom stereocenters. The van der Waals surface area contributed by atoms with Crippen LogP contribution in [-0.4, -0.2) is 33.8 Å². The summed E-state index contributed by atoms with van der Waals surface area (Å²) in [7, 11) is 1.72. The van der Waals surface area contributed by atoms with E-state index in [0.29, 0.717) is 17.8 Å². The molecule has 0 saturated carbocycles. The van der Waals surface area contributed by atoms with Gasteiger partial charge in [0.05, 0.1) is 4.92 Å². The molecule has 9 heteroatoms. The maximum Gasteiger partial charge on any atom is 0.270 e. The highest BCUT2D eigenvalue weighted by atomic mass is 32.1. The number of nitrogens with one attached hydrogen (secondary N) is 2. The summed E-state index contributed by atoms with van der Waals surface area (Å²) in [4.78, 5) is 37.0. The van der Waals surface area contributed by atoms with Gasteiger partial charge in [-0.2, -0.15) is 0 Å². The molecule has 0 saturated heterocycles. The van der Waals surface area contributed by atoms with Gasteiger partial charge in [-0.25, -0.2) is 0 Å². The lowest BCUT2D eigenvalue weighted by molar-refractivity contribution is -0.384. The van der Waals surface area contributed by atoms with Crippen LogP contribution in [-0.2, 0) is 6.54 Å². The normalized spacial score (nSPS) is 10.2. The summed E-state index contributed by atoms with van der Waals surface area (Å²) >= 11 is 5.17. The second kappa shape index (κ2) is 10.3. The van der Waals surface area contributed by atoms with Crippen molar-refractivity contribution in [1.82, 2.24) is 10.2 Å². The van der Waals surface area contributed by atoms with Crippen LogP contribution in [0.15, 0.2) is 78.9 Å². The first-order valence-corrected chi connectivity index (χ1v) is 10.0. The standard InChI is InChI=1S/C23H20N4O4S/c1-26(15-16-7-3-2-4-8-16)22(29)18-10-5-11-19(13-18)24-23(32)25-21(28)17-9-6-12-20(14-17)27(30)31/h2-14H,15H2,1H3,(H2,24,25,28,32). The number of thiocarbonyl (C=S) groups is 1. The van der Waals surface area contributed by atoms with Crippen molar-refractivity contribution in [2.45, 2.75) is 6.54 Å². The van der Waals surface area contributed by atoms with Crippen LogP contribution < -0.4 is 10.6 Å². The number of non-ortho nitro benzene ring substituents is 1. The fourth-order valence-electron chi connectivity index (χ4n) is 2.98.